The number of nitrogens with one attached hydrogen (secondary N) is 3. The van der Waals surface area contributed by atoms with Crippen molar-refractivity contribution in [3.63, 3.8) is 0 Å². The molecule has 120 valence electrons. The lowest BCUT2D eigenvalue weighted by Gasteiger charge is -2.24. The summed E-state index contributed by atoms with van der Waals surface area (Å²) in [7, 11) is 0. The maximum Gasteiger partial charge on any atom is 0.315 e. The third-order valence-electron chi connectivity index (χ3n) is 3.99. The van der Waals surface area contributed by atoms with Crippen molar-refractivity contribution in [2.75, 3.05) is 0 Å². The van der Waals surface area contributed by atoms with Crippen LogP contribution in [0.4, 0.5) is 4.79 Å². The summed E-state index contributed by atoms with van der Waals surface area (Å²) in [5, 5.41) is 8.48. The highest BCUT2D eigenvalue weighted by Crippen LogP contribution is 2.17. The number of hydrogen-bond acceptors (Lipinski definition) is 2. The fourth-order valence-electron chi connectivity index (χ4n) is 2.67. The summed E-state index contributed by atoms with van der Waals surface area (Å²) in [6.07, 6.45) is 5.64. The van der Waals surface area contributed by atoms with Crippen LogP contribution >= 0.6 is 0 Å². The Morgan fingerprint density at radius 2 is 1.82 bits per heavy atom. The van der Waals surface area contributed by atoms with Gasteiger partial charge in [0.05, 0.1) is 0 Å². The van der Waals surface area contributed by atoms with Crippen molar-refractivity contribution in [1.29, 1.82) is 0 Å². The number of amides is 3. The third-order valence-corrected chi connectivity index (χ3v) is 3.99. The first-order valence-corrected chi connectivity index (χ1v) is 8.04. The smallest absolute Gasteiger partial charge is 0.315 e. The highest BCUT2D eigenvalue weighted by Gasteiger charge is 2.19. The Balaban J connectivity index is 1.69. The van der Waals surface area contributed by atoms with E-state index in [1.165, 1.54) is 6.42 Å². The van der Waals surface area contributed by atoms with E-state index in [9.17, 15) is 9.59 Å². The second-order valence-electron chi connectivity index (χ2n) is 5.88. The molecule has 1 atom stereocenters. The van der Waals surface area contributed by atoms with E-state index in [1.807, 2.05) is 30.3 Å². The topological polar surface area (TPSA) is 70.2 Å². The van der Waals surface area contributed by atoms with Crippen LogP contribution in [-0.4, -0.2) is 24.0 Å². The molecule has 1 aromatic carbocycles. The first-order valence-electron chi connectivity index (χ1n) is 8.04. The molecule has 1 aliphatic carbocycles. The Morgan fingerprint density at radius 3 is 2.50 bits per heavy atom. The minimum absolute atomic E-state index is 0.178. The van der Waals surface area contributed by atoms with Crippen molar-refractivity contribution >= 4 is 11.9 Å². The molecule has 1 fully saturated rings. The Kier molecular flexibility index (Phi) is 6.25. The molecule has 3 N–H and O–H groups in total. The van der Waals surface area contributed by atoms with E-state index < -0.39 is 6.04 Å². The second-order valence-corrected chi connectivity index (χ2v) is 5.88. The zero-order chi connectivity index (χ0) is 15.8. The van der Waals surface area contributed by atoms with Crippen LogP contribution in [0.25, 0.3) is 0 Å². The average molecular weight is 303 g/mol. The monoisotopic (exact) mass is 303 g/mol. The minimum atomic E-state index is -0.549. The lowest BCUT2D eigenvalue weighted by molar-refractivity contribution is -0.122. The van der Waals surface area contributed by atoms with Crippen LogP contribution in [0.2, 0.25) is 0 Å². The maximum absolute atomic E-state index is 12.0. The highest BCUT2D eigenvalue weighted by molar-refractivity contribution is 5.86. The number of carbonyl (C=O) groups is 2. The van der Waals surface area contributed by atoms with Gasteiger partial charge in [-0.1, -0.05) is 49.6 Å². The third kappa shape index (κ3) is 5.39. The largest absolute Gasteiger partial charge is 0.350 e. The molecule has 5 nitrogen and oxygen atoms in total. The maximum atomic E-state index is 12.0. The van der Waals surface area contributed by atoms with Crippen LogP contribution in [0.1, 0.15) is 44.6 Å². The lowest BCUT2D eigenvalue weighted by atomic mass is 9.96. The highest BCUT2D eigenvalue weighted by atomic mass is 16.2. The van der Waals surface area contributed by atoms with Gasteiger partial charge in [-0.2, -0.15) is 0 Å². The molecule has 0 heterocycles. The minimum Gasteiger partial charge on any atom is -0.350 e. The summed E-state index contributed by atoms with van der Waals surface area (Å²) in [6, 6.07) is 9.14. The zero-order valence-corrected chi connectivity index (χ0v) is 13.1. The van der Waals surface area contributed by atoms with Crippen molar-refractivity contribution in [3.8, 4) is 0 Å². The van der Waals surface area contributed by atoms with E-state index in [-0.39, 0.29) is 18.0 Å². The van der Waals surface area contributed by atoms with Crippen molar-refractivity contribution < 1.29 is 9.59 Å². The molecular weight excluding hydrogens is 278 g/mol. The number of urea groups is 1. The summed E-state index contributed by atoms with van der Waals surface area (Å²) < 4.78 is 0. The van der Waals surface area contributed by atoms with Gasteiger partial charge in [-0.15, -0.1) is 0 Å². The van der Waals surface area contributed by atoms with Gasteiger partial charge in [-0.3, -0.25) is 4.79 Å². The molecule has 1 saturated carbocycles. The molecule has 0 spiro atoms. The molecule has 5 heteroatoms. The molecule has 22 heavy (non-hydrogen) atoms. The number of hydrogen-bond donors (Lipinski definition) is 3. The van der Waals surface area contributed by atoms with Gasteiger partial charge < -0.3 is 16.0 Å². The Labute approximate surface area is 131 Å². The van der Waals surface area contributed by atoms with Crippen molar-refractivity contribution in [2.24, 2.45) is 0 Å². The molecule has 0 bridgehead atoms. The predicted molar refractivity (Wildman–Crippen MR) is 86.3 cm³/mol. The van der Waals surface area contributed by atoms with Crippen molar-refractivity contribution in [1.82, 2.24) is 16.0 Å². The molecule has 3 amide bonds. The van der Waals surface area contributed by atoms with Crippen molar-refractivity contribution in [2.45, 2.75) is 57.7 Å². The fourth-order valence-corrected chi connectivity index (χ4v) is 2.67. The summed E-state index contributed by atoms with van der Waals surface area (Å²) in [5.41, 5.74) is 1.04. The molecule has 1 aromatic rings. The van der Waals surface area contributed by atoms with Gasteiger partial charge in [0.25, 0.3) is 0 Å². The van der Waals surface area contributed by atoms with E-state index in [1.54, 1.807) is 6.92 Å². The number of rotatable bonds is 5. The molecule has 1 unspecified atom stereocenters. The van der Waals surface area contributed by atoms with Crippen LogP contribution < -0.4 is 16.0 Å². The molecule has 0 saturated heterocycles. The predicted octanol–water partition coefficient (Wildman–Crippen LogP) is 2.32. The van der Waals surface area contributed by atoms with E-state index in [0.717, 1.165) is 31.2 Å². The quantitative estimate of drug-likeness (QED) is 0.781. The van der Waals surface area contributed by atoms with Gasteiger partial charge in [-0.25, -0.2) is 4.79 Å². The van der Waals surface area contributed by atoms with Crippen LogP contribution in [-0.2, 0) is 11.3 Å². The summed E-state index contributed by atoms with van der Waals surface area (Å²) in [6.45, 7) is 2.16. The van der Waals surface area contributed by atoms with Gasteiger partial charge >= 0.3 is 6.03 Å². The van der Waals surface area contributed by atoms with E-state index >= 15 is 0 Å². The second kappa shape index (κ2) is 8.41. The van der Waals surface area contributed by atoms with E-state index in [2.05, 4.69) is 16.0 Å². The summed E-state index contributed by atoms with van der Waals surface area (Å²) in [5.74, 6) is -0.178. The fraction of sp³-hybridized carbons (Fsp3) is 0.529. The first-order chi connectivity index (χ1) is 10.6. The normalized spacial score (nSPS) is 16.6. The summed E-state index contributed by atoms with van der Waals surface area (Å²) >= 11 is 0. The molecule has 0 aliphatic heterocycles. The average Bonchev–Trinajstić information content (AvgIpc) is 2.54. The molecular formula is C17H25N3O2. The van der Waals surface area contributed by atoms with E-state index in [0.29, 0.717) is 6.54 Å². The van der Waals surface area contributed by atoms with Crippen LogP contribution in [0.5, 0.6) is 0 Å². The molecule has 1 aliphatic rings. The molecule has 0 aromatic heterocycles. The summed E-state index contributed by atoms with van der Waals surface area (Å²) in [4.78, 5) is 23.9. The Bertz CT molecular complexity index is 484. The van der Waals surface area contributed by atoms with Gasteiger partial charge in [0.15, 0.2) is 0 Å². The van der Waals surface area contributed by atoms with Crippen LogP contribution in [0.3, 0.4) is 0 Å². The zero-order valence-electron chi connectivity index (χ0n) is 13.1. The van der Waals surface area contributed by atoms with Crippen molar-refractivity contribution in [3.05, 3.63) is 35.9 Å². The lowest BCUT2D eigenvalue weighted by Crippen LogP contribution is -2.50. The van der Waals surface area contributed by atoms with E-state index in [4.69, 9.17) is 0 Å². The molecule has 2 rings (SSSR count). The SMILES string of the molecule is CC(NC(=O)NC1CCCCC1)C(=O)NCc1ccccc1. The number of carbonyl (C=O) groups excluding carboxylic acids is 2. The molecule has 0 radical (unpaired) electrons. The standard InChI is InChI=1S/C17H25N3O2/c1-13(16(21)18-12-14-8-4-2-5-9-14)19-17(22)20-15-10-6-3-7-11-15/h2,4-5,8-9,13,15H,3,6-7,10-12H2,1H3,(H,18,21)(H2,19,20,22). The first kappa shape index (κ1) is 16.3. The Hall–Kier alpha value is -2.04. The van der Waals surface area contributed by atoms with Gasteiger partial charge in [0.2, 0.25) is 5.91 Å². The van der Waals surface area contributed by atoms with Crippen LogP contribution in [0.15, 0.2) is 30.3 Å². The van der Waals surface area contributed by atoms with Gasteiger partial charge in [0, 0.05) is 12.6 Å². The van der Waals surface area contributed by atoms with Gasteiger partial charge in [0.1, 0.15) is 6.04 Å². The number of benzene rings is 1. The van der Waals surface area contributed by atoms with Gasteiger partial charge in [-0.05, 0) is 25.3 Å². The Morgan fingerprint density at radius 1 is 1.14 bits per heavy atom. The van der Waals surface area contributed by atoms with Crippen LogP contribution in [0, 0.1) is 0 Å².